The van der Waals surface area contributed by atoms with Crippen LogP contribution in [0.15, 0.2) is 41.1 Å². The first kappa shape index (κ1) is 15.8. The van der Waals surface area contributed by atoms with Gasteiger partial charge in [0.2, 0.25) is 0 Å². The molecule has 1 aliphatic rings. The van der Waals surface area contributed by atoms with Gasteiger partial charge in [-0.25, -0.2) is 4.68 Å². The van der Waals surface area contributed by atoms with E-state index in [-0.39, 0.29) is 5.91 Å². The van der Waals surface area contributed by atoms with Gasteiger partial charge in [-0.15, -0.1) is 5.10 Å². The second-order valence-corrected chi connectivity index (χ2v) is 6.77. The minimum atomic E-state index is -0.866. The van der Waals surface area contributed by atoms with Crippen LogP contribution in [0.4, 0.5) is 0 Å². The van der Waals surface area contributed by atoms with Gasteiger partial charge in [-0.1, -0.05) is 16.8 Å². The Balaban J connectivity index is 1.45. The summed E-state index contributed by atoms with van der Waals surface area (Å²) in [5.41, 5.74) is 0.979. The van der Waals surface area contributed by atoms with Crippen molar-refractivity contribution >= 4 is 16.9 Å². The van der Waals surface area contributed by atoms with Crippen molar-refractivity contribution in [1.29, 1.82) is 0 Å². The third-order valence-electron chi connectivity index (χ3n) is 4.79. The van der Waals surface area contributed by atoms with Crippen LogP contribution in [-0.2, 0) is 6.54 Å². The van der Waals surface area contributed by atoms with Crippen LogP contribution in [0.5, 0.6) is 0 Å². The summed E-state index contributed by atoms with van der Waals surface area (Å²) in [6.07, 6.45) is 4.31. The van der Waals surface area contributed by atoms with Crippen LogP contribution in [0.3, 0.4) is 0 Å². The van der Waals surface area contributed by atoms with Crippen molar-refractivity contribution in [2.24, 2.45) is 0 Å². The summed E-state index contributed by atoms with van der Waals surface area (Å²) in [4.78, 5) is 14.4. The first-order chi connectivity index (χ1) is 12.0. The molecule has 1 amide bonds. The van der Waals surface area contributed by atoms with Gasteiger partial charge in [0.15, 0.2) is 5.76 Å². The van der Waals surface area contributed by atoms with Gasteiger partial charge >= 0.3 is 0 Å². The highest BCUT2D eigenvalue weighted by molar-refractivity contribution is 5.96. The van der Waals surface area contributed by atoms with Gasteiger partial charge in [0.05, 0.1) is 18.3 Å². The summed E-state index contributed by atoms with van der Waals surface area (Å²) in [7, 11) is 0. The SMILES string of the molecule is Cc1ccc2oc(C(=O)N3CCC(O)(Cn4ccnn4)CC3)cc2c1. The van der Waals surface area contributed by atoms with Gasteiger partial charge in [-0.05, 0) is 38.0 Å². The number of hydrogen-bond acceptors (Lipinski definition) is 5. The number of furan rings is 1. The van der Waals surface area contributed by atoms with E-state index in [9.17, 15) is 9.90 Å². The fourth-order valence-corrected chi connectivity index (χ4v) is 3.33. The number of piperidine rings is 1. The van der Waals surface area contributed by atoms with Gasteiger partial charge in [0.1, 0.15) is 5.58 Å². The molecule has 0 unspecified atom stereocenters. The monoisotopic (exact) mass is 340 g/mol. The number of rotatable bonds is 3. The van der Waals surface area contributed by atoms with Crippen molar-refractivity contribution in [1.82, 2.24) is 19.9 Å². The maximum atomic E-state index is 12.7. The highest BCUT2D eigenvalue weighted by Gasteiger charge is 2.35. The number of benzene rings is 1. The lowest BCUT2D eigenvalue weighted by molar-refractivity contribution is -0.0322. The van der Waals surface area contributed by atoms with Crippen LogP contribution in [0.1, 0.15) is 29.0 Å². The fourth-order valence-electron chi connectivity index (χ4n) is 3.33. The van der Waals surface area contributed by atoms with Crippen LogP contribution in [-0.4, -0.2) is 49.6 Å². The lowest BCUT2D eigenvalue weighted by atomic mass is 9.91. The van der Waals surface area contributed by atoms with E-state index in [1.54, 1.807) is 28.0 Å². The highest BCUT2D eigenvalue weighted by Crippen LogP contribution is 2.27. The summed E-state index contributed by atoms with van der Waals surface area (Å²) in [5.74, 6) is 0.221. The third kappa shape index (κ3) is 3.15. The number of hydrogen-bond donors (Lipinski definition) is 1. The number of carbonyl (C=O) groups excluding carboxylic acids is 1. The number of aryl methyl sites for hydroxylation is 1. The van der Waals surface area contributed by atoms with E-state index in [1.165, 1.54) is 0 Å². The molecule has 1 aromatic carbocycles. The zero-order chi connectivity index (χ0) is 17.4. The summed E-state index contributed by atoms with van der Waals surface area (Å²) >= 11 is 0. The number of carbonyl (C=O) groups is 1. The average Bonchev–Trinajstić information content (AvgIpc) is 3.23. The normalized spacial score (nSPS) is 17.1. The average molecular weight is 340 g/mol. The van der Waals surface area contributed by atoms with E-state index in [0.717, 1.165) is 10.9 Å². The van der Waals surface area contributed by atoms with Crippen LogP contribution in [0.25, 0.3) is 11.0 Å². The molecule has 7 nitrogen and oxygen atoms in total. The Morgan fingerprint density at radius 3 is 2.84 bits per heavy atom. The summed E-state index contributed by atoms with van der Waals surface area (Å²) in [6.45, 7) is 3.37. The molecule has 0 saturated carbocycles. The maximum Gasteiger partial charge on any atom is 0.289 e. The molecule has 130 valence electrons. The molecule has 0 aliphatic carbocycles. The molecule has 2 aromatic heterocycles. The Bertz CT molecular complexity index is 892. The van der Waals surface area contributed by atoms with Crippen LogP contribution in [0, 0.1) is 6.92 Å². The molecule has 1 N–H and O–H groups in total. The molecule has 3 heterocycles. The van der Waals surface area contributed by atoms with Gasteiger partial charge < -0.3 is 14.4 Å². The van der Waals surface area contributed by atoms with Gasteiger partial charge in [-0.3, -0.25) is 4.79 Å². The van der Waals surface area contributed by atoms with E-state index in [2.05, 4.69) is 10.3 Å². The van der Waals surface area contributed by atoms with E-state index in [1.807, 2.05) is 25.1 Å². The number of aromatic nitrogens is 3. The Morgan fingerprint density at radius 2 is 2.12 bits per heavy atom. The minimum absolute atomic E-state index is 0.128. The lowest BCUT2D eigenvalue weighted by Crippen LogP contribution is -2.48. The first-order valence-corrected chi connectivity index (χ1v) is 8.38. The van der Waals surface area contributed by atoms with Crippen molar-refractivity contribution in [3.63, 3.8) is 0 Å². The fraction of sp³-hybridized carbons (Fsp3) is 0.389. The topological polar surface area (TPSA) is 84.4 Å². The molecule has 0 atom stereocenters. The van der Waals surface area contributed by atoms with Gasteiger partial charge in [0.25, 0.3) is 5.91 Å². The van der Waals surface area contributed by atoms with Gasteiger partial charge in [0, 0.05) is 24.7 Å². The van der Waals surface area contributed by atoms with E-state index >= 15 is 0 Å². The zero-order valence-corrected chi connectivity index (χ0v) is 14.1. The molecule has 0 bridgehead atoms. The second kappa shape index (κ2) is 6.00. The lowest BCUT2D eigenvalue weighted by Gasteiger charge is -2.37. The third-order valence-corrected chi connectivity index (χ3v) is 4.79. The van der Waals surface area contributed by atoms with Crippen LogP contribution in [0.2, 0.25) is 0 Å². The Kier molecular flexibility index (Phi) is 3.80. The smallest absolute Gasteiger partial charge is 0.289 e. The number of amides is 1. The molecule has 3 aromatic rings. The largest absolute Gasteiger partial charge is 0.451 e. The van der Waals surface area contributed by atoms with Crippen molar-refractivity contribution in [3.8, 4) is 0 Å². The van der Waals surface area contributed by atoms with E-state index in [4.69, 9.17) is 4.42 Å². The minimum Gasteiger partial charge on any atom is -0.451 e. The van der Waals surface area contributed by atoms with Crippen LogP contribution < -0.4 is 0 Å². The Labute approximate surface area is 144 Å². The zero-order valence-electron chi connectivity index (χ0n) is 14.1. The van der Waals surface area contributed by atoms with Crippen molar-refractivity contribution < 1.29 is 14.3 Å². The van der Waals surface area contributed by atoms with E-state index < -0.39 is 5.60 Å². The molecule has 7 heteroatoms. The number of nitrogens with zero attached hydrogens (tertiary/aromatic N) is 4. The highest BCUT2D eigenvalue weighted by atomic mass is 16.3. The number of likely N-dealkylation sites (tertiary alicyclic amines) is 1. The molecule has 1 fully saturated rings. The summed E-state index contributed by atoms with van der Waals surface area (Å²) in [5, 5.41) is 19.3. The quantitative estimate of drug-likeness (QED) is 0.788. The van der Waals surface area contributed by atoms with Crippen molar-refractivity contribution in [2.45, 2.75) is 31.9 Å². The standard InChI is InChI=1S/C18H20N4O3/c1-13-2-3-15-14(10-13)11-16(25-15)17(23)21-7-4-18(24,5-8-21)12-22-9-6-19-20-22/h2-3,6,9-11,24H,4-5,7-8,12H2,1H3. The molecule has 0 radical (unpaired) electrons. The van der Waals surface area contributed by atoms with E-state index in [0.29, 0.717) is 43.8 Å². The van der Waals surface area contributed by atoms with Crippen molar-refractivity contribution in [2.75, 3.05) is 13.1 Å². The summed E-state index contributed by atoms with van der Waals surface area (Å²) in [6, 6.07) is 7.64. The predicted octanol–water partition coefficient (Wildman–Crippen LogP) is 2.00. The Morgan fingerprint density at radius 1 is 1.32 bits per heavy atom. The van der Waals surface area contributed by atoms with Crippen LogP contribution >= 0.6 is 0 Å². The van der Waals surface area contributed by atoms with Gasteiger partial charge in [-0.2, -0.15) is 0 Å². The Hall–Kier alpha value is -2.67. The molecule has 25 heavy (non-hydrogen) atoms. The second-order valence-electron chi connectivity index (χ2n) is 6.77. The molecular formula is C18H20N4O3. The summed E-state index contributed by atoms with van der Waals surface area (Å²) < 4.78 is 7.32. The molecular weight excluding hydrogens is 320 g/mol. The molecule has 4 rings (SSSR count). The molecule has 1 aliphatic heterocycles. The maximum absolute atomic E-state index is 12.7. The first-order valence-electron chi connectivity index (χ1n) is 8.38. The van der Waals surface area contributed by atoms with Crippen molar-refractivity contribution in [3.05, 3.63) is 48.0 Å². The number of aliphatic hydroxyl groups is 1. The molecule has 1 saturated heterocycles. The predicted molar refractivity (Wildman–Crippen MR) is 91.1 cm³/mol. The molecule has 0 spiro atoms. The number of fused-ring (bicyclic) bond motifs is 1.